The van der Waals surface area contributed by atoms with Crippen LogP contribution in [0.25, 0.3) is 0 Å². The van der Waals surface area contributed by atoms with Crippen LogP contribution in [-0.4, -0.2) is 18.0 Å². The van der Waals surface area contributed by atoms with Gasteiger partial charge in [0.1, 0.15) is 5.75 Å². The Morgan fingerprint density at radius 3 is 2.39 bits per heavy atom. The molecule has 0 saturated carbocycles. The van der Waals surface area contributed by atoms with Gasteiger partial charge in [-0.3, -0.25) is 4.79 Å². The van der Waals surface area contributed by atoms with E-state index in [1.165, 1.54) is 11.3 Å². The van der Waals surface area contributed by atoms with Crippen molar-refractivity contribution in [2.45, 2.75) is 45.4 Å². The number of carbonyl (C=O) groups excluding carboxylic acids is 1. The van der Waals surface area contributed by atoms with Crippen LogP contribution in [0.1, 0.15) is 45.9 Å². The number of amides is 1. The Morgan fingerprint density at radius 2 is 1.83 bits per heavy atom. The van der Waals surface area contributed by atoms with Gasteiger partial charge in [0, 0.05) is 16.4 Å². The number of nitrogens with one attached hydrogen (secondary N) is 1. The standard InChI is InChI=1S/C18H24N2O2S/c1-17(2,3)14-11-23-16(19-14)20-15(21)18(4,5)12-9-7-8-10-13(12)22-6/h7-11H,1-6H3,(H,19,20,21). The number of anilines is 1. The Labute approximate surface area is 141 Å². The van der Waals surface area contributed by atoms with E-state index >= 15 is 0 Å². The number of aromatic nitrogens is 1. The number of benzene rings is 1. The number of carbonyl (C=O) groups is 1. The largest absolute Gasteiger partial charge is 0.496 e. The molecule has 23 heavy (non-hydrogen) atoms. The normalized spacial score (nSPS) is 12.1. The van der Waals surface area contributed by atoms with Crippen LogP contribution in [0.2, 0.25) is 0 Å². The molecular formula is C18H24N2O2S. The smallest absolute Gasteiger partial charge is 0.236 e. The molecule has 1 aromatic carbocycles. The molecule has 0 aliphatic heterocycles. The van der Waals surface area contributed by atoms with Crippen LogP contribution < -0.4 is 10.1 Å². The molecule has 0 aliphatic rings. The van der Waals surface area contributed by atoms with Crippen LogP contribution in [0.5, 0.6) is 5.75 Å². The summed E-state index contributed by atoms with van der Waals surface area (Å²) in [6.45, 7) is 10.1. The van der Waals surface area contributed by atoms with Gasteiger partial charge in [0.15, 0.2) is 5.13 Å². The second-order valence-corrected chi connectivity index (χ2v) is 7.93. The number of nitrogens with zero attached hydrogens (tertiary/aromatic N) is 1. The van der Waals surface area contributed by atoms with Crippen molar-refractivity contribution in [3.05, 3.63) is 40.9 Å². The van der Waals surface area contributed by atoms with Gasteiger partial charge in [-0.05, 0) is 19.9 Å². The van der Waals surface area contributed by atoms with Crippen molar-refractivity contribution in [1.82, 2.24) is 4.98 Å². The lowest BCUT2D eigenvalue weighted by molar-refractivity contribution is -0.120. The molecule has 4 nitrogen and oxygen atoms in total. The first-order chi connectivity index (χ1) is 10.7. The Balaban J connectivity index is 2.24. The maximum atomic E-state index is 12.8. The summed E-state index contributed by atoms with van der Waals surface area (Å²) in [6, 6.07) is 7.59. The number of ether oxygens (including phenoxy) is 1. The van der Waals surface area contributed by atoms with Gasteiger partial charge in [0.05, 0.1) is 18.2 Å². The van der Waals surface area contributed by atoms with Crippen molar-refractivity contribution in [2.24, 2.45) is 0 Å². The zero-order valence-electron chi connectivity index (χ0n) is 14.6. The van der Waals surface area contributed by atoms with Crippen LogP contribution >= 0.6 is 11.3 Å². The van der Waals surface area contributed by atoms with E-state index < -0.39 is 5.41 Å². The number of hydrogen-bond acceptors (Lipinski definition) is 4. The minimum Gasteiger partial charge on any atom is -0.496 e. The molecule has 5 heteroatoms. The van der Waals surface area contributed by atoms with Crippen molar-refractivity contribution in [2.75, 3.05) is 12.4 Å². The average molecular weight is 332 g/mol. The number of rotatable bonds is 4. The van der Waals surface area contributed by atoms with E-state index in [0.29, 0.717) is 10.9 Å². The molecule has 124 valence electrons. The minimum absolute atomic E-state index is 0.0301. The van der Waals surface area contributed by atoms with Crippen LogP contribution in [0.15, 0.2) is 29.6 Å². The first-order valence-electron chi connectivity index (χ1n) is 7.57. The average Bonchev–Trinajstić information content (AvgIpc) is 2.95. The number of thiazole rings is 1. The van der Waals surface area contributed by atoms with Gasteiger partial charge < -0.3 is 10.1 Å². The van der Waals surface area contributed by atoms with E-state index in [0.717, 1.165) is 11.3 Å². The number of methoxy groups -OCH3 is 1. The summed E-state index contributed by atoms with van der Waals surface area (Å²) in [5, 5.41) is 5.56. The molecule has 0 spiro atoms. The second-order valence-electron chi connectivity index (χ2n) is 7.07. The zero-order chi connectivity index (χ0) is 17.3. The third kappa shape index (κ3) is 3.72. The van der Waals surface area contributed by atoms with Gasteiger partial charge in [0.2, 0.25) is 5.91 Å². The van der Waals surface area contributed by atoms with Gasteiger partial charge in [0.25, 0.3) is 0 Å². The summed E-state index contributed by atoms with van der Waals surface area (Å²) in [6.07, 6.45) is 0. The van der Waals surface area contributed by atoms with E-state index in [-0.39, 0.29) is 11.3 Å². The molecule has 1 N–H and O–H groups in total. The Hall–Kier alpha value is -1.88. The van der Waals surface area contributed by atoms with Crippen LogP contribution in [0.3, 0.4) is 0 Å². The number of para-hydroxylation sites is 1. The van der Waals surface area contributed by atoms with Gasteiger partial charge >= 0.3 is 0 Å². The molecule has 0 aliphatic carbocycles. The fourth-order valence-corrected chi connectivity index (χ4v) is 3.14. The van der Waals surface area contributed by atoms with Crippen molar-refractivity contribution in [1.29, 1.82) is 0 Å². The molecule has 1 heterocycles. The van der Waals surface area contributed by atoms with Gasteiger partial charge in [-0.1, -0.05) is 39.0 Å². The van der Waals surface area contributed by atoms with Gasteiger partial charge in [-0.25, -0.2) is 4.98 Å². The van der Waals surface area contributed by atoms with Crippen molar-refractivity contribution < 1.29 is 9.53 Å². The van der Waals surface area contributed by atoms with E-state index in [2.05, 4.69) is 31.1 Å². The van der Waals surface area contributed by atoms with Crippen LogP contribution in [0, 0.1) is 0 Å². The molecule has 1 aromatic heterocycles. The summed E-state index contributed by atoms with van der Waals surface area (Å²) in [5.41, 5.74) is 1.08. The maximum absolute atomic E-state index is 12.8. The van der Waals surface area contributed by atoms with E-state index in [4.69, 9.17) is 4.74 Å². The molecular weight excluding hydrogens is 308 g/mol. The lowest BCUT2D eigenvalue weighted by Crippen LogP contribution is -2.35. The summed E-state index contributed by atoms with van der Waals surface area (Å²) < 4.78 is 5.39. The van der Waals surface area contributed by atoms with Crippen molar-refractivity contribution >= 4 is 22.4 Å². The highest BCUT2D eigenvalue weighted by molar-refractivity contribution is 7.14. The number of hydrogen-bond donors (Lipinski definition) is 1. The Bertz CT molecular complexity index is 699. The molecule has 0 atom stereocenters. The predicted octanol–water partition coefficient (Wildman–Crippen LogP) is 4.37. The summed E-state index contributed by atoms with van der Waals surface area (Å²) in [5.74, 6) is 0.610. The highest BCUT2D eigenvalue weighted by Gasteiger charge is 2.33. The van der Waals surface area contributed by atoms with Crippen LogP contribution in [0.4, 0.5) is 5.13 Å². The first-order valence-corrected chi connectivity index (χ1v) is 8.45. The Morgan fingerprint density at radius 1 is 1.17 bits per heavy atom. The summed E-state index contributed by atoms with van der Waals surface area (Å²) in [7, 11) is 1.61. The molecule has 1 amide bonds. The molecule has 0 radical (unpaired) electrons. The minimum atomic E-state index is -0.722. The SMILES string of the molecule is COc1ccccc1C(C)(C)C(=O)Nc1nc(C(C)(C)C)cs1. The molecule has 2 aromatic rings. The monoisotopic (exact) mass is 332 g/mol. The molecule has 2 rings (SSSR count). The lowest BCUT2D eigenvalue weighted by atomic mass is 9.83. The summed E-state index contributed by atoms with van der Waals surface area (Å²) >= 11 is 1.45. The second kappa shape index (κ2) is 6.32. The molecule has 0 bridgehead atoms. The zero-order valence-corrected chi connectivity index (χ0v) is 15.4. The topological polar surface area (TPSA) is 51.2 Å². The van der Waals surface area contributed by atoms with Crippen molar-refractivity contribution in [3.63, 3.8) is 0 Å². The first kappa shape index (κ1) is 17.5. The third-order valence-electron chi connectivity index (χ3n) is 3.84. The third-order valence-corrected chi connectivity index (χ3v) is 4.60. The van der Waals surface area contributed by atoms with Gasteiger partial charge in [-0.2, -0.15) is 0 Å². The highest BCUT2D eigenvalue weighted by Crippen LogP contribution is 2.33. The quantitative estimate of drug-likeness (QED) is 0.905. The van der Waals surface area contributed by atoms with E-state index in [1.807, 2.05) is 43.5 Å². The predicted molar refractivity (Wildman–Crippen MR) is 95.5 cm³/mol. The molecule has 0 saturated heterocycles. The van der Waals surface area contributed by atoms with Crippen LogP contribution in [-0.2, 0) is 15.6 Å². The van der Waals surface area contributed by atoms with E-state index in [9.17, 15) is 4.79 Å². The summed E-state index contributed by atoms with van der Waals surface area (Å²) in [4.78, 5) is 17.3. The maximum Gasteiger partial charge on any atom is 0.236 e. The highest BCUT2D eigenvalue weighted by atomic mass is 32.1. The lowest BCUT2D eigenvalue weighted by Gasteiger charge is -2.25. The molecule has 0 unspecified atom stereocenters. The van der Waals surface area contributed by atoms with E-state index in [1.54, 1.807) is 7.11 Å². The van der Waals surface area contributed by atoms with Crippen molar-refractivity contribution in [3.8, 4) is 5.75 Å². The Kier molecular flexibility index (Phi) is 4.80. The molecule has 0 fully saturated rings. The fourth-order valence-electron chi connectivity index (χ4n) is 2.21. The fraction of sp³-hybridized carbons (Fsp3) is 0.444. The van der Waals surface area contributed by atoms with Gasteiger partial charge in [-0.15, -0.1) is 11.3 Å².